The van der Waals surface area contributed by atoms with E-state index in [9.17, 15) is 13.2 Å². The van der Waals surface area contributed by atoms with Crippen LogP contribution < -0.4 is 15.4 Å². The maximum absolute atomic E-state index is 12.3. The Balaban J connectivity index is 1.63. The van der Waals surface area contributed by atoms with Crippen LogP contribution in [-0.4, -0.2) is 34.0 Å². The molecule has 3 N–H and O–H groups in total. The van der Waals surface area contributed by atoms with Gasteiger partial charge in [0.25, 0.3) is 0 Å². The van der Waals surface area contributed by atoms with Crippen molar-refractivity contribution in [2.45, 2.75) is 17.1 Å². The van der Waals surface area contributed by atoms with Gasteiger partial charge in [0.2, 0.25) is 15.9 Å². The maximum atomic E-state index is 12.3. The SMILES string of the molecule is NC(=O)c1csc(S(=O)(=O)NCCN2CCCc3ccccc32)c1. The zero-order valence-electron chi connectivity index (χ0n) is 13.1. The van der Waals surface area contributed by atoms with E-state index in [-0.39, 0.29) is 9.77 Å². The number of sulfonamides is 1. The molecule has 2 aromatic rings. The van der Waals surface area contributed by atoms with Gasteiger partial charge in [-0.05, 0) is 30.5 Å². The van der Waals surface area contributed by atoms with E-state index in [1.807, 2.05) is 12.1 Å². The topological polar surface area (TPSA) is 92.5 Å². The fourth-order valence-electron chi connectivity index (χ4n) is 2.82. The largest absolute Gasteiger partial charge is 0.370 e. The Bertz CT molecular complexity index is 846. The van der Waals surface area contributed by atoms with Gasteiger partial charge in [-0.2, -0.15) is 0 Å². The number of hydrogen-bond donors (Lipinski definition) is 2. The van der Waals surface area contributed by atoms with Gasteiger partial charge in [-0.25, -0.2) is 13.1 Å². The van der Waals surface area contributed by atoms with Crippen molar-refractivity contribution in [3.8, 4) is 0 Å². The van der Waals surface area contributed by atoms with E-state index in [2.05, 4.69) is 21.8 Å². The summed E-state index contributed by atoms with van der Waals surface area (Å²) in [5.74, 6) is -0.627. The number of para-hydroxylation sites is 1. The van der Waals surface area contributed by atoms with Crippen molar-refractivity contribution in [2.75, 3.05) is 24.5 Å². The molecule has 6 nitrogen and oxygen atoms in total. The third kappa shape index (κ3) is 3.61. The summed E-state index contributed by atoms with van der Waals surface area (Å²) >= 11 is 0.995. The number of amides is 1. The minimum atomic E-state index is -3.62. The fourth-order valence-corrected chi connectivity index (χ4v) is 5.05. The molecule has 2 heterocycles. The number of hydrogen-bond acceptors (Lipinski definition) is 5. The molecule has 0 atom stereocenters. The molecule has 1 aromatic carbocycles. The minimum Gasteiger partial charge on any atom is -0.370 e. The van der Waals surface area contributed by atoms with Gasteiger partial charge in [0.1, 0.15) is 4.21 Å². The summed E-state index contributed by atoms with van der Waals surface area (Å²) < 4.78 is 27.3. The summed E-state index contributed by atoms with van der Waals surface area (Å²) in [6.07, 6.45) is 2.13. The second-order valence-corrected chi connectivity index (χ2v) is 8.54. The highest BCUT2D eigenvalue weighted by Gasteiger charge is 2.20. The van der Waals surface area contributed by atoms with Crippen molar-refractivity contribution in [1.29, 1.82) is 0 Å². The molecule has 24 heavy (non-hydrogen) atoms. The molecule has 0 unspecified atom stereocenters. The Kier molecular flexibility index (Phi) is 4.88. The van der Waals surface area contributed by atoms with Crippen LogP contribution >= 0.6 is 11.3 Å². The number of carbonyl (C=O) groups is 1. The lowest BCUT2D eigenvalue weighted by Crippen LogP contribution is -2.37. The minimum absolute atomic E-state index is 0.107. The van der Waals surface area contributed by atoms with E-state index in [4.69, 9.17) is 5.73 Å². The van der Waals surface area contributed by atoms with Gasteiger partial charge in [-0.3, -0.25) is 4.79 Å². The highest BCUT2D eigenvalue weighted by atomic mass is 32.2. The molecule has 0 bridgehead atoms. The van der Waals surface area contributed by atoms with E-state index in [1.165, 1.54) is 22.7 Å². The van der Waals surface area contributed by atoms with Crippen molar-refractivity contribution in [1.82, 2.24) is 4.72 Å². The average Bonchev–Trinajstić information content (AvgIpc) is 3.06. The van der Waals surface area contributed by atoms with Crippen LogP contribution in [0.1, 0.15) is 22.3 Å². The Hall–Kier alpha value is -1.90. The molecule has 0 saturated carbocycles. The summed E-state index contributed by atoms with van der Waals surface area (Å²) in [6, 6.07) is 9.52. The van der Waals surface area contributed by atoms with Gasteiger partial charge < -0.3 is 10.6 Å². The highest BCUT2D eigenvalue weighted by Crippen LogP contribution is 2.26. The van der Waals surface area contributed by atoms with Gasteiger partial charge in [0.15, 0.2) is 0 Å². The van der Waals surface area contributed by atoms with Crippen LogP contribution in [0.25, 0.3) is 0 Å². The molecule has 0 radical (unpaired) electrons. The smallest absolute Gasteiger partial charge is 0.250 e. The first-order valence-corrected chi connectivity index (χ1v) is 10.0. The first kappa shape index (κ1) is 16.9. The molecule has 128 valence electrons. The van der Waals surface area contributed by atoms with Gasteiger partial charge in [0.05, 0.1) is 5.56 Å². The number of aryl methyl sites for hydroxylation is 1. The summed E-state index contributed by atoms with van der Waals surface area (Å²) in [5, 5.41) is 1.46. The second kappa shape index (κ2) is 6.92. The molecule has 1 aliphatic rings. The molecule has 0 aliphatic carbocycles. The van der Waals surface area contributed by atoms with Crippen molar-refractivity contribution < 1.29 is 13.2 Å². The number of anilines is 1. The van der Waals surface area contributed by atoms with Gasteiger partial charge in [-0.15, -0.1) is 11.3 Å². The standard InChI is InChI=1S/C16H19N3O3S2/c17-16(20)13-10-15(23-11-13)24(21,22)18-7-9-19-8-3-5-12-4-1-2-6-14(12)19/h1-2,4,6,10-11,18H,3,5,7-9H2,(H2,17,20). The first-order valence-electron chi connectivity index (χ1n) is 7.68. The molecule has 8 heteroatoms. The molecule has 0 spiro atoms. The summed E-state index contributed by atoms with van der Waals surface area (Å²) in [4.78, 5) is 13.3. The Labute approximate surface area is 145 Å². The molecule has 1 amide bonds. The van der Waals surface area contributed by atoms with Gasteiger partial charge >= 0.3 is 0 Å². The maximum Gasteiger partial charge on any atom is 0.250 e. The summed E-state index contributed by atoms with van der Waals surface area (Å²) in [5.41, 5.74) is 7.85. The van der Waals surface area contributed by atoms with E-state index < -0.39 is 15.9 Å². The van der Waals surface area contributed by atoms with Crippen molar-refractivity contribution in [2.24, 2.45) is 5.73 Å². The van der Waals surface area contributed by atoms with Crippen molar-refractivity contribution >= 4 is 33.0 Å². The van der Waals surface area contributed by atoms with Gasteiger partial charge in [-0.1, -0.05) is 18.2 Å². The average molecular weight is 365 g/mol. The monoisotopic (exact) mass is 365 g/mol. The predicted molar refractivity (Wildman–Crippen MR) is 95.0 cm³/mol. The van der Waals surface area contributed by atoms with Crippen LogP contribution in [0.15, 0.2) is 39.9 Å². The quantitative estimate of drug-likeness (QED) is 0.813. The third-order valence-electron chi connectivity index (χ3n) is 4.01. The fraction of sp³-hybridized carbons (Fsp3) is 0.312. The molecule has 1 aliphatic heterocycles. The second-order valence-electron chi connectivity index (χ2n) is 5.64. The van der Waals surface area contributed by atoms with Gasteiger partial charge in [0, 0.05) is 30.7 Å². The van der Waals surface area contributed by atoms with Crippen molar-refractivity contribution in [3.05, 3.63) is 46.8 Å². The number of carbonyl (C=O) groups excluding carboxylic acids is 1. The predicted octanol–water partition coefficient (Wildman–Crippen LogP) is 1.58. The van der Waals surface area contributed by atoms with E-state index in [1.54, 1.807) is 0 Å². The first-order chi connectivity index (χ1) is 11.5. The molecule has 0 fully saturated rings. The lowest BCUT2D eigenvalue weighted by Gasteiger charge is -2.31. The number of rotatable bonds is 6. The lowest BCUT2D eigenvalue weighted by molar-refractivity contribution is 0.100. The number of benzene rings is 1. The van der Waals surface area contributed by atoms with Crippen molar-refractivity contribution in [3.63, 3.8) is 0 Å². The number of fused-ring (bicyclic) bond motifs is 1. The molecular weight excluding hydrogens is 346 g/mol. The van der Waals surface area contributed by atoms with E-state index in [0.717, 1.165) is 30.7 Å². The summed E-state index contributed by atoms with van der Waals surface area (Å²) in [6.45, 7) is 1.83. The van der Waals surface area contributed by atoms with Crippen LogP contribution in [0.4, 0.5) is 5.69 Å². The number of nitrogens with zero attached hydrogens (tertiary/aromatic N) is 1. The van der Waals surface area contributed by atoms with Crippen LogP contribution in [0.2, 0.25) is 0 Å². The van der Waals surface area contributed by atoms with E-state index >= 15 is 0 Å². The molecular formula is C16H19N3O3S2. The van der Waals surface area contributed by atoms with E-state index in [0.29, 0.717) is 13.1 Å². The number of nitrogens with one attached hydrogen (secondary N) is 1. The molecule has 0 saturated heterocycles. The summed E-state index contributed by atoms with van der Waals surface area (Å²) in [7, 11) is -3.62. The molecule has 1 aromatic heterocycles. The number of primary amides is 1. The third-order valence-corrected chi connectivity index (χ3v) is 6.91. The van der Waals surface area contributed by atoms with Crippen LogP contribution in [0.5, 0.6) is 0 Å². The van der Waals surface area contributed by atoms with Crippen LogP contribution in [-0.2, 0) is 16.4 Å². The van der Waals surface area contributed by atoms with Crippen LogP contribution in [0, 0.1) is 0 Å². The number of thiophene rings is 1. The molecule has 3 rings (SSSR count). The van der Waals surface area contributed by atoms with Crippen LogP contribution in [0.3, 0.4) is 0 Å². The zero-order valence-corrected chi connectivity index (χ0v) is 14.7. The Morgan fingerprint density at radius 1 is 1.33 bits per heavy atom. The number of nitrogens with two attached hydrogens (primary N) is 1. The Morgan fingerprint density at radius 2 is 2.12 bits per heavy atom. The lowest BCUT2D eigenvalue weighted by atomic mass is 10.0. The normalized spacial score (nSPS) is 14.4. The zero-order chi connectivity index (χ0) is 17.2. The highest BCUT2D eigenvalue weighted by molar-refractivity contribution is 7.91. The Morgan fingerprint density at radius 3 is 2.88 bits per heavy atom.